The number of nitrogens with two attached hydrogens (primary N) is 1. The number of carboxylic acids is 1. The number of nitrogens with zero attached hydrogens (tertiary/aromatic N) is 4. The number of hydrogen-bond acceptors (Lipinski definition) is 5. The molecule has 3 N–H and O–H groups in total. The average Bonchev–Trinajstić information content (AvgIpc) is 2.64. The van der Waals surface area contributed by atoms with E-state index >= 15 is 0 Å². The number of halogens is 1. The summed E-state index contributed by atoms with van der Waals surface area (Å²) >= 11 is 0. The number of nitrogen functional groups attached to an aromatic ring is 1. The van der Waals surface area contributed by atoms with Crippen LogP contribution in [0, 0.1) is 12.7 Å². The van der Waals surface area contributed by atoms with E-state index in [4.69, 9.17) is 10.8 Å². The minimum absolute atomic E-state index is 0.0619. The van der Waals surface area contributed by atoms with E-state index in [1.807, 2.05) is 0 Å². The van der Waals surface area contributed by atoms with Crippen LogP contribution < -0.4 is 5.73 Å². The lowest BCUT2D eigenvalue weighted by molar-refractivity contribution is 0.0691. The third kappa shape index (κ3) is 1.80. The highest BCUT2D eigenvalue weighted by atomic mass is 19.1. The number of carboxylic acid groups (broad SMARTS) is 1. The number of rotatable bonds is 2. The summed E-state index contributed by atoms with van der Waals surface area (Å²) in [6.07, 6.45) is 2.35. The second kappa shape index (κ2) is 3.81. The zero-order valence-electron chi connectivity index (χ0n) is 8.75. The molecular weight excluding hydrogens is 229 g/mol. The molecule has 2 heterocycles. The standard InChI is InChI=1S/C9H8FN5O2/c1-4-6(10)8(13-3-12-4)15-2-5(11)7(14-15)9(16)17/h2-3H,11H2,1H3,(H,16,17). The molecule has 0 saturated carbocycles. The van der Waals surface area contributed by atoms with Crippen LogP contribution in [0.5, 0.6) is 0 Å². The number of anilines is 1. The molecule has 0 aromatic carbocycles. The zero-order valence-corrected chi connectivity index (χ0v) is 8.75. The molecule has 0 spiro atoms. The molecule has 8 heteroatoms. The lowest BCUT2D eigenvalue weighted by atomic mass is 10.4. The van der Waals surface area contributed by atoms with Crippen molar-refractivity contribution in [2.75, 3.05) is 5.73 Å². The Morgan fingerprint density at radius 1 is 1.53 bits per heavy atom. The molecule has 88 valence electrons. The van der Waals surface area contributed by atoms with E-state index in [1.54, 1.807) is 0 Å². The number of hydrogen-bond donors (Lipinski definition) is 2. The molecule has 0 radical (unpaired) electrons. The quantitative estimate of drug-likeness (QED) is 0.782. The van der Waals surface area contributed by atoms with Crippen LogP contribution in [-0.4, -0.2) is 30.8 Å². The van der Waals surface area contributed by atoms with Crippen molar-refractivity contribution in [3.63, 3.8) is 0 Å². The van der Waals surface area contributed by atoms with E-state index in [-0.39, 0.29) is 22.9 Å². The Hall–Kier alpha value is -2.51. The number of carbonyl (C=O) groups is 1. The molecule has 2 rings (SSSR count). The van der Waals surface area contributed by atoms with Crippen LogP contribution >= 0.6 is 0 Å². The van der Waals surface area contributed by atoms with Gasteiger partial charge in [-0.25, -0.2) is 23.8 Å². The van der Waals surface area contributed by atoms with Gasteiger partial charge in [-0.1, -0.05) is 0 Å². The van der Waals surface area contributed by atoms with Crippen LogP contribution in [0.15, 0.2) is 12.5 Å². The van der Waals surface area contributed by atoms with Gasteiger partial charge in [0.05, 0.1) is 17.6 Å². The minimum atomic E-state index is -1.28. The first kappa shape index (κ1) is 11.0. The van der Waals surface area contributed by atoms with Crippen molar-refractivity contribution < 1.29 is 14.3 Å². The molecule has 0 fully saturated rings. The molecule has 0 aliphatic rings. The molecule has 0 bridgehead atoms. The highest BCUT2D eigenvalue weighted by Gasteiger charge is 2.17. The van der Waals surface area contributed by atoms with Crippen LogP contribution in [-0.2, 0) is 0 Å². The monoisotopic (exact) mass is 237 g/mol. The predicted molar refractivity (Wildman–Crippen MR) is 55.2 cm³/mol. The molecular formula is C9H8FN5O2. The van der Waals surface area contributed by atoms with E-state index in [9.17, 15) is 9.18 Å². The van der Waals surface area contributed by atoms with Gasteiger partial charge in [0.25, 0.3) is 0 Å². The summed E-state index contributed by atoms with van der Waals surface area (Å²) in [5, 5.41) is 12.4. The maximum absolute atomic E-state index is 13.7. The van der Waals surface area contributed by atoms with Crippen molar-refractivity contribution in [3.05, 3.63) is 29.7 Å². The van der Waals surface area contributed by atoms with Crippen LogP contribution in [0.1, 0.15) is 16.2 Å². The minimum Gasteiger partial charge on any atom is -0.476 e. The van der Waals surface area contributed by atoms with Crippen LogP contribution in [0.4, 0.5) is 10.1 Å². The first-order chi connectivity index (χ1) is 8.00. The number of aromatic carboxylic acids is 1. The summed E-state index contributed by atoms with van der Waals surface area (Å²) in [4.78, 5) is 18.1. The Morgan fingerprint density at radius 2 is 2.24 bits per heavy atom. The van der Waals surface area contributed by atoms with Gasteiger partial charge in [0.1, 0.15) is 6.33 Å². The van der Waals surface area contributed by atoms with Crippen molar-refractivity contribution in [2.45, 2.75) is 6.92 Å². The van der Waals surface area contributed by atoms with Crippen molar-refractivity contribution in [1.82, 2.24) is 19.7 Å². The molecule has 0 aliphatic carbocycles. The summed E-state index contributed by atoms with van der Waals surface area (Å²) in [6.45, 7) is 1.46. The van der Waals surface area contributed by atoms with E-state index in [0.717, 1.165) is 11.0 Å². The van der Waals surface area contributed by atoms with Crippen molar-refractivity contribution in [3.8, 4) is 5.82 Å². The third-order valence-corrected chi connectivity index (χ3v) is 2.11. The van der Waals surface area contributed by atoms with Crippen molar-refractivity contribution in [1.29, 1.82) is 0 Å². The van der Waals surface area contributed by atoms with Gasteiger partial charge in [0, 0.05) is 0 Å². The smallest absolute Gasteiger partial charge is 0.358 e. The topological polar surface area (TPSA) is 107 Å². The summed E-state index contributed by atoms with van der Waals surface area (Å²) in [5.41, 5.74) is 5.17. The summed E-state index contributed by atoms with van der Waals surface area (Å²) in [7, 11) is 0. The summed E-state index contributed by atoms with van der Waals surface area (Å²) < 4.78 is 14.6. The Bertz CT molecular complexity index is 595. The highest BCUT2D eigenvalue weighted by Crippen LogP contribution is 2.15. The second-order valence-electron chi connectivity index (χ2n) is 3.28. The normalized spacial score (nSPS) is 10.5. The SMILES string of the molecule is Cc1ncnc(-n2cc(N)c(C(=O)O)n2)c1F. The molecule has 0 amide bonds. The van der Waals surface area contributed by atoms with Gasteiger partial charge >= 0.3 is 5.97 Å². The Labute approximate surface area is 94.7 Å². The maximum atomic E-state index is 13.7. The van der Waals surface area contributed by atoms with E-state index in [0.29, 0.717) is 0 Å². The van der Waals surface area contributed by atoms with E-state index in [2.05, 4.69) is 15.1 Å². The van der Waals surface area contributed by atoms with Crippen LogP contribution in [0.25, 0.3) is 5.82 Å². The van der Waals surface area contributed by atoms with Gasteiger partial charge in [-0.05, 0) is 6.92 Å². The first-order valence-corrected chi connectivity index (χ1v) is 4.56. The van der Waals surface area contributed by atoms with E-state index < -0.39 is 11.8 Å². The van der Waals surface area contributed by atoms with E-state index in [1.165, 1.54) is 13.1 Å². The molecule has 0 unspecified atom stereocenters. The van der Waals surface area contributed by atoms with Gasteiger partial charge in [-0.3, -0.25) is 0 Å². The predicted octanol–water partition coefficient (Wildman–Crippen LogP) is 0.390. The Morgan fingerprint density at radius 3 is 2.82 bits per heavy atom. The molecule has 2 aromatic heterocycles. The number of aryl methyl sites for hydroxylation is 1. The first-order valence-electron chi connectivity index (χ1n) is 4.56. The lowest BCUT2D eigenvalue weighted by Crippen LogP contribution is -2.06. The summed E-state index contributed by atoms with van der Waals surface area (Å²) in [5.74, 6) is -2.10. The molecule has 2 aromatic rings. The maximum Gasteiger partial charge on any atom is 0.358 e. The van der Waals surface area contributed by atoms with Gasteiger partial charge < -0.3 is 10.8 Å². The van der Waals surface area contributed by atoms with Gasteiger partial charge in [0.2, 0.25) is 0 Å². The Balaban J connectivity index is 2.58. The molecule has 0 aliphatic heterocycles. The highest BCUT2D eigenvalue weighted by molar-refractivity contribution is 5.91. The number of aromatic nitrogens is 4. The van der Waals surface area contributed by atoms with Crippen molar-refractivity contribution in [2.24, 2.45) is 0 Å². The fourth-order valence-electron chi connectivity index (χ4n) is 1.27. The van der Waals surface area contributed by atoms with Crippen LogP contribution in [0.2, 0.25) is 0 Å². The molecule has 0 atom stereocenters. The molecule has 17 heavy (non-hydrogen) atoms. The Kier molecular flexibility index (Phi) is 2.47. The fourth-order valence-corrected chi connectivity index (χ4v) is 1.27. The van der Waals surface area contributed by atoms with Gasteiger partial charge in [0.15, 0.2) is 17.3 Å². The van der Waals surface area contributed by atoms with Gasteiger partial charge in [-0.2, -0.15) is 5.10 Å². The largest absolute Gasteiger partial charge is 0.476 e. The zero-order chi connectivity index (χ0) is 12.6. The van der Waals surface area contributed by atoms with Crippen molar-refractivity contribution >= 4 is 11.7 Å². The van der Waals surface area contributed by atoms with Gasteiger partial charge in [-0.15, -0.1) is 0 Å². The second-order valence-corrected chi connectivity index (χ2v) is 3.28. The lowest BCUT2D eigenvalue weighted by Gasteiger charge is -2.02. The fraction of sp³-hybridized carbons (Fsp3) is 0.111. The summed E-state index contributed by atoms with van der Waals surface area (Å²) in [6, 6.07) is 0. The third-order valence-electron chi connectivity index (χ3n) is 2.11. The molecule has 7 nitrogen and oxygen atoms in total. The average molecular weight is 237 g/mol. The van der Waals surface area contributed by atoms with Crippen LogP contribution in [0.3, 0.4) is 0 Å². The molecule has 0 saturated heterocycles.